The molecule has 0 saturated heterocycles. The Morgan fingerprint density at radius 1 is 1.04 bits per heavy atom. The van der Waals surface area contributed by atoms with Crippen LogP contribution in [0.5, 0.6) is 5.75 Å². The molecule has 0 radical (unpaired) electrons. The summed E-state index contributed by atoms with van der Waals surface area (Å²) in [7, 11) is 3.28. The Labute approximate surface area is 135 Å². The fraction of sp³-hybridized carbons (Fsp3) is 0.222. The average Bonchev–Trinajstić information content (AvgIpc) is 2.60. The number of methoxy groups -OCH3 is 1. The molecule has 2 aromatic rings. The second kappa shape index (κ2) is 7.45. The number of carbonyl (C=O) groups excluding carboxylic acids is 2. The van der Waals surface area contributed by atoms with E-state index in [1.54, 1.807) is 63.5 Å². The first-order chi connectivity index (χ1) is 11.1. The number of rotatable bonds is 6. The van der Waals surface area contributed by atoms with Crippen LogP contribution in [-0.2, 0) is 4.74 Å². The van der Waals surface area contributed by atoms with Crippen LogP contribution in [0.3, 0.4) is 0 Å². The Bertz CT molecular complexity index is 694. The van der Waals surface area contributed by atoms with Gasteiger partial charge in [0.05, 0.1) is 12.7 Å². The van der Waals surface area contributed by atoms with Crippen LogP contribution in [0.15, 0.2) is 48.5 Å². The van der Waals surface area contributed by atoms with Crippen molar-refractivity contribution in [2.75, 3.05) is 19.5 Å². The lowest BCUT2D eigenvalue weighted by Crippen LogP contribution is -2.24. The summed E-state index contributed by atoms with van der Waals surface area (Å²) < 4.78 is 10.3. The molecule has 0 aliphatic heterocycles. The predicted molar refractivity (Wildman–Crippen MR) is 88.2 cm³/mol. The van der Waals surface area contributed by atoms with Crippen LogP contribution < -0.4 is 10.1 Å². The minimum Gasteiger partial charge on any atom is -0.497 e. The van der Waals surface area contributed by atoms with Crippen molar-refractivity contribution in [1.29, 1.82) is 0 Å². The predicted octanol–water partition coefficient (Wildman–Crippen LogP) is 3.17. The topological polar surface area (TPSA) is 64.6 Å². The van der Waals surface area contributed by atoms with E-state index in [1.807, 2.05) is 6.07 Å². The van der Waals surface area contributed by atoms with Gasteiger partial charge < -0.3 is 14.8 Å². The summed E-state index contributed by atoms with van der Waals surface area (Å²) in [6.07, 6.45) is -0.874. The number of hydrogen-bond donors (Lipinski definition) is 1. The lowest BCUT2D eigenvalue weighted by molar-refractivity contribution is 0.0319. The standard InChI is InChI=1S/C18H19NO4/c1-12(17(20)13-8-10-14(22-3)11-9-13)23-18(21)15-6-4-5-7-16(15)19-2/h4-12,19H,1-3H3/t12-/m1/s1. The summed E-state index contributed by atoms with van der Waals surface area (Å²) in [6, 6.07) is 13.7. The van der Waals surface area contributed by atoms with Crippen LogP contribution in [0.1, 0.15) is 27.6 Å². The fourth-order valence-electron chi connectivity index (χ4n) is 2.15. The molecule has 0 heterocycles. The molecule has 2 rings (SSSR count). The highest BCUT2D eigenvalue weighted by molar-refractivity contribution is 6.02. The van der Waals surface area contributed by atoms with Gasteiger partial charge in [-0.3, -0.25) is 4.79 Å². The van der Waals surface area contributed by atoms with Crippen LogP contribution >= 0.6 is 0 Å². The molecule has 0 spiro atoms. The number of ether oxygens (including phenoxy) is 2. The third kappa shape index (κ3) is 3.88. The van der Waals surface area contributed by atoms with Gasteiger partial charge in [-0.1, -0.05) is 12.1 Å². The van der Waals surface area contributed by atoms with Crippen molar-refractivity contribution in [3.8, 4) is 5.75 Å². The smallest absolute Gasteiger partial charge is 0.340 e. The number of benzene rings is 2. The van der Waals surface area contributed by atoms with Crippen molar-refractivity contribution < 1.29 is 19.1 Å². The summed E-state index contributed by atoms with van der Waals surface area (Å²) in [4.78, 5) is 24.6. The average molecular weight is 313 g/mol. The molecule has 120 valence electrons. The number of anilines is 1. The molecular formula is C18H19NO4. The maximum absolute atomic E-state index is 12.3. The Hall–Kier alpha value is -2.82. The van der Waals surface area contributed by atoms with E-state index in [-0.39, 0.29) is 5.78 Å². The summed E-state index contributed by atoms with van der Waals surface area (Å²) in [5.41, 5.74) is 1.51. The molecule has 0 amide bonds. The van der Waals surface area contributed by atoms with E-state index in [0.717, 1.165) is 0 Å². The molecule has 5 heteroatoms. The molecular weight excluding hydrogens is 294 g/mol. The van der Waals surface area contributed by atoms with Gasteiger partial charge in [-0.25, -0.2) is 4.79 Å². The van der Waals surface area contributed by atoms with Gasteiger partial charge in [0, 0.05) is 18.3 Å². The van der Waals surface area contributed by atoms with Crippen molar-refractivity contribution in [3.63, 3.8) is 0 Å². The summed E-state index contributed by atoms with van der Waals surface area (Å²) in [5.74, 6) is -0.138. The van der Waals surface area contributed by atoms with Gasteiger partial charge in [-0.05, 0) is 43.3 Å². The maximum Gasteiger partial charge on any atom is 0.340 e. The number of carbonyl (C=O) groups is 2. The van der Waals surface area contributed by atoms with Gasteiger partial charge in [-0.15, -0.1) is 0 Å². The van der Waals surface area contributed by atoms with Crippen LogP contribution in [0.4, 0.5) is 5.69 Å². The van der Waals surface area contributed by atoms with Crippen LogP contribution in [0.25, 0.3) is 0 Å². The molecule has 0 bridgehead atoms. The molecule has 5 nitrogen and oxygen atoms in total. The van der Waals surface area contributed by atoms with E-state index in [9.17, 15) is 9.59 Å². The SMILES string of the molecule is CNc1ccccc1C(=O)O[C@H](C)C(=O)c1ccc(OC)cc1. The normalized spacial score (nSPS) is 11.4. The second-order valence-electron chi connectivity index (χ2n) is 4.94. The lowest BCUT2D eigenvalue weighted by atomic mass is 10.1. The van der Waals surface area contributed by atoms with Gasteiger partial charge >= 0.3 is 5.97 Å². The summed E-state index contributed by atoms with van der Waals surface area (Å²) >= 11 is 0. The van der Waals surface area contributed by atoms with E-state index in [4.69, 9.17) is 9.47 Å². The first-order valence-electron chi connectivity index (χ1n) is 7.23. The zero-order valence-corrected chi connectivity index (χ0v) is 13.3. The van der Waals surface area contributed by atoms with Crippen molar-refractivity contribution in [1.82, 2.24) is 0 Å². The number of nitrogens with one attached hydrogen (secondary N) is 1. The molecule has 1 atom stereocenters. The molecule has 0 aliphatic carbocycles. The van der Waals surface area contributed by atoms with Crippen LogP contribution in [0.2, 0.25) is 0 Å². The number of esters is 1. The third-order valence-electron chi connectivity index (χ3n) is 3.44. The number of hydrogen-bond acceptors (Lipinski definition) is 5. The maximum atomic E-state index is 12.3. The van der Waals surface area contributed by atoms with E-state index in [1.165, 1.54) is 0 Å². The quantitative estimate of drug-likeness (QED) is 0.655. The van der Waals surface area contributed by atoms with Gasteiger partial charge in [0.2, 0.25) is 5.78 Å². The molecule has 0 saturated carbocycles. The second-order valence-corrected chi connectivity index (χ2v) is 4.94. The van der Waals surface area contributed by atoms with Crippen LogP contribution in [-0.4, -0.2) is 32.0 Å². The molecule has 0 unspecified atom stereocenters. The summed E-state index contributed by atoms with van der Waals surface area (Å²) in [5, 5.41) is 2.92. The Morgan fingerprint density at radius 3 is 2.30 bits per heavy atom. The van der Waals surface area contributed by atoms with Crippen molar-refractivity contribution in [2.45, 2.75) is 13.0 Å². The zero-order chi connectivity index (χ0) is 16.8. The van der Waals surface area contributed by atoms with E-state index in [0.29, 0.717) is 22.6 Å². The van der Waals surface area contributed by atoms with Crippen molar-refractivity contribution >= 4 is 17.4 Å². The molecule has 0 aliphatic rings. The largest absolute Gasteiger partial charge is 0.497 e. The van der Waals surface area contributed by atoms with Crippen LogP contribution in [0, 0.1) is 0 Å². The Kier molecular flexibility index (Phi) is 5.36. The monoisotopic (exact) mass is 313 g/mol. The van der Waals surface area contributed by atoms with E-state index >= 15 is 0 Å². The first-order valence-corrected chi connectivity index (χ1v) is 7.23. The van der Waals surface area contributed by atoms with E-state index < -0.39 is 12.1 Å². The van der Waals surface area contributed by atoms with Gasteiger partial charge in [0.25, 0.3) is 0 Å². The molecule has 0 fully saturated rings. The lowest BCUT2D eigenvalue weighted by Gasteiger charge is -2.14. The third-order valence-corrected chi connectivity index (χ3v) is 3.44. The van der Waals surface area contributed by atoms with Gasteiger partial charge in [0.1, 0.15) is 5.75 Å². The van der Waals surface area contributed by atoms with Crippen molar-refractivity contribution in [3.05, 3.63) is 59.7 Å². The number of ketones is 1. The molecule has 0 aromatic heterocycles. The highest BCUT2D eigenvalue weighted by Crippen LogP contribution is 2.18. The highest BCUT2D eigenvalue weighted by Gasteiger charge is 2.21. The summed E-state index contributed by atoms with van der Waals surface area (Å²) in [6.45, 7) is 1.56. The fourth-order valence-corrected chi connectivity index (χ4v) is 2.15. The van der Waals surface area contributed by atoms with Gasteiger partial charge in [0.15, 0.2) is 6.10 Å². The number of Topliss-reactive ketones (excluding diaryl/α,β-unsaturated/α-hetero) is 1. The minimum absolute atomic E-state index is 0.261. The van der Waals surface area contributed by atoms with Crippen molar-refractivity contribution in [2.24, 2.45) is 0 Å². The molecule has 23 heavy (non-hydrogen) atoms. The zero-order valence-electron chi connectivity index (χ0n) is 13.3. The minimum atomic E-state index is -0.874. The van der Waals surface area contributed by atoms with Gasteiger partial charge in [-0.2, -0.15) is 0 Å². The molecule has 1 N–H and O–H groups in total. The Balaban J connectivity index is 2.09. The highest BCUT2D eigenvalue weighted by atomic mass is 16.5. The first kappa shape index (κ1) is 16.5. The number of para-hydroxylation sites is 1. The Morgan fingerprint density at radius 2 is 1.70 bits per heavy atom. The van der Waals surface area contributed by atoms with E-state index in [2.05, 4.69) is 5.32 Å². The molecule has 2 aromatic carbocycles.